The van der Waals surface area contributed by atoms with Gasteiger partial charge in [0, 0.05) is 17.9 Å². The molecule has 0 saturated heterocycles. The van der Waals surface area contributed by atoms with Crippen molar-refractivity contribution in [2.75, 3.05) is 22.5 Å². The molecule has 0 saturated carbocycles. The lowest BCUT2D eigenvalue weighted by Gasteiger charge is -2.19. The van der Waals surface area contributed by atoms with E-state index in [0.717, 1.165) is 29.0 Å². The largest absolute Gasteiger partial charge is 0.398 e. The number of benzene rings is 2. The number of carbonyl (C=O) groups excluding carboxylic acids is 1. The summed E-state index contributed by atoms with van der Waals surface area (Å²) in [5, 5.41) is 2.90. The number of nitrogens with zero attached hydrogens (tertiary/aromatic N) is 1. The number of para-hydroxylation sites is 1. The molecule has 3 rings (SSSR count). The summed E-state index contributed by atoms with van der Waals surface area (Å²) in [6, 6.07) is 13.3. The predicted molar refractivity (Wildman–Crippen MR) is 82.1 cm³/mol. The average molecular weight is 267 g/mol. The molecule has 2 aromatic rings. The zero-order chi connectivity index (χ0) is 14.1. The highest BCUT2D eigenvalue weighted by molar-refractivity contribution is 6.03. The number of rotatable bonds is 1. The molecule has 2 amide bonds. The minimum Gasteiger partial charge on any atom is -0.398 e. The van der Waals surface area contributed by atoms with Crippen molar-refractivity contribution in [3.63, 3.8) is 0 Å². The van der Waals surface area contributed by atoms with E-state index < -0.39 is 0 Å². The molecule has 0 unspecified atom stereocenters. The number of nitrogens with two attached hydrogens (primary N) is 1. The van der Waals surface area contributed by atoms with Crippen molar-refractivity contribution in [1.82, 2.24) is 0 Å². The first-order valence-corrected chi connectivity index (χ1v) is 6.68. The maximum atomic E-state index is 12.3. The van der Waals surface area contributed by atoms with Crippen LogP contribution in [0.5, 0.6) is 0 Å². The molecule has 1 aliphatic rings. The maximum absolute atomic E-state index is 12.3. The van der Waals surface area contributed by atoms with E-state index in [2.05, 4.69) is 11.4 Å². The Morgan fingerprint density at radius 2 is 2.00 bits per heavy atom. The lowest BCUT2D eigenvalue weighted by Crippen LogP contribution is -2.33. The van der Waals surface area contributed by atoms with Crippen LogP contribution in [0.4, 0.5) is 21.9 Å². The van der Waals surface area contributed by atoms with Gasteiger partial charge in [-0.2, -0.15) is 0 Å². The fourth-order valence-electron chi connectivity index (χ4n) is 2.50. The topological polar surface area (TPSA) is 58.4 Å². The van der Waals surface area contributed by atoms with Gasteiger partial charge in [-0.3, -0.25) is 4.90 Å². The molecule has 0 spiro atoms. The van der Waals surface area contributed by atoms with Gasteiger partial charge in [0.1, 0.15) is 0 Å². The van der Waals surface area contributed by atoms with E-state index in [1.807, 2.05) is 43.3 Å². The fraction of sp³-hybridized carbons (Fsp3) is 0.188. The van der Waals surface area contributed by atoms with E-state index >= 15 is 0 Å². The Kier molecular flexibility index (Phi) is 3.06. The first kappa shape index (κ1) is 12.5. The van der Waals surface area contributed by atoms with E-state index in [1.54, 1.807) is 4.90 Å². The lowest BCUT2D eigenvalue weighted by molar-refractivity contribution is 0.257. The summed E-state index contributed by atoms with van der Waals surface area (Å²) >= 11 is 0. The Hall–Kier alpha value is -2.49. The smallest absolute Gasteiger partial charge is 0.326 e. The van der Waals surface area contributed by atoms with Gasteiger partial charge >= 0.3 is 6.03 Å². The van der Waals surface area contributed by atoms with Crippen LogP contribution in [0.1, 0.15) is 11.1 Å². The highest BCUT2D eigenvalue weighted by Crippen LogP contribution is 2.32. The molecular formula is C16H17N3O. The lowest BCUT2D eigenvalue weighted by atomic mass is 10.1. The van der Waals surface area contributed by atoms with Crippen molar-refractivity contribution >= 4 is 23.1 Å². The minimum absolute atomic E-state index is 0.113. The zero-order valence-corrected chi connectivity index (χ0v) is 11.4. The van der Waals surface area contributed by atoms with Crippen LogP contribution in [0.2, 0.25) is 0 Å². The summed E-state index contributed by atoms with van der Waals surface area (Å²) < 4.78 is 0. The molecule has 4 nitrogen and oxygen atoms in total. The van der Waals surface area contributed by atoms with Crippen molar-refractivity contribution in [2.24, 2.45) is 0 Å². The number of anilines is 3. The summed E-state index contributed by atoms with van der Waals surface area (Å²) in [6.45, 7) is 2.68. The van der Waals surface area contributed by atoms with Gasteiger partial charge < -0.3 is 11.1 Å². The van der Waals surface area contributed by atoms with Gasteiger partial charge in [-0.25, -0.2) is 4.79 Å². The summed E-state index contributed by atoms with van der Waals surface area (Å²) in [5.74, 6) is 0. The van der Waals surface area contributed by atoms with E-state index in [-0.39, 0.29) is 6.03 Å². The SMILES string of the molecule is Cc1cc2c(cc1N)N(C(=O)Nc1ccccc1)CC2. The minimum atomic E-state index is -0.113. The van der Waals surface area contributed by atoms with Gasteiger partial charge in [0.25, 0.3) is 0 Å². The molecule has 0 atom stereocenters. The van der Waals surface area contributed by atoms with Crippen molar-refractivity contribution < 1.29 is 4.79 Å². The van der Waals surface area contributed by atoms with Crippen molar-refractivity contribution in [3.8, 4) is 0 Å². The molecule has 2 aromatic carbocycles. The van der Waals surface area contributed by atoms with Gasteiger partial charge in [0.05, 0.1) is 5.69 Å². The number of hydrogen-bond acceptors (Lipinski definition) is 2. The second kappa shape index (κ2) is 4.89. The number of hydrogen-bond donors (Lipinski definition) is 2. The van der Waals surface area contributed by atoms with Crippen LogP contribution in [0, 0.1) is 6.92 Å². The molecule has 3 N–H and O–H groups in total. The average Bonchev–Trinajstić information content (AvgIpc) is 2.83. The second-order valence-corrected chi connectivity index (χ2v) is 5.04. The number of fused-ring (bicyclic) bond motifs is 1. The van der Waals surface area contributed by atoms with Crippen molar-refractivity contribution in [2.45, 2.75) is 13.3 Å². The maximum Gasteiger partial charge on any atom is 0.326 e. The summed E-state index contributed by atoms with van der Waals surface area (Å²) in [6.07, 6.45) is 0.874. The number of urea groups is 1. The first-order chi connectivity index (χ1) is 9.65. The third-order valence-electron chi connectivity index (χ3n) is 3.63. The highest BCUT2D eigenvalue weighted by atomic mass is 16.2. The molecule has 4 heteroatoms. The number of aryl methyl sites for hydroxylation is 1. The second-order valence-electron chi connectivity index (χ2n) is 5.04. The van der Waals surface area contributed by atoms with E-state index in [4.69, 9.17) is 5.73 Å². The van der Waals surface area contributed by atoms with Crippen molar-refractivity contribution in [3.05, 3.63) is 53.6 Å². The molecule has 0 aliphatic carbocycles. The van der Waals surface area contributed by atoms with Crippen LogP contribution in [0.15, 0.2) is 42.5 Å². The van der Waals surface area contributed by atoms with Gasteiger partial charge in [0.2, 0.25) is 0 Å². The van der Waals surface area contributed by atoms with Crippen LogP contribution >= 0.6 is 0 Å². The van der Waals surface area contributed by atoms with Crippen molar-refractivity contribution in [1.29, 1.82) is 0 Å². The van der Waals surface area contributed by atoms with Gasteiger partial charge in [-0.1, -0.05) is 24.3 Å². The summed E-state index contributed by atoms with van der Waals surface area (Å²) in [4.78, 5) is 14.1. The van der Waals surface area contributed by atoms with Crippen LogP contribution < -0.4 is 16.0 Å². The number of carbonyl (C=O) groups is 1. The monoisotopic (exact) mass is 267 g/mol. The highest BCUT2D eigenvalue weighted by Gasteiger charge is 2.25. The van der Waals surface area contributed by atoms with Crippen LogP contribution in [0.3, 0.4) is 0 Å². The third kappa shape index (κ3) is 2.20. The van der Waals surface area contributed by atoms with E-state index in [9.17, 15) is 4.79 Å². The molecule has 0 radical (unpaired) electrons. The molecule has 102 valence electrons. The molecule has 0 fully saturated rings. The van der Waals surface area contributed by atoms with Crippen LogP contribution in [-0.2, 0) is 6.42 Å². The van der Waals surface area contributed by atoms with Gasteiger partial charge in [-0.15, -0.1) is 0 Å². The molecule has 1 heterocycles. The molecule has 0 aromatic heterocycles. The number of nitrogens with one attached hydrogen (secondary N) is 1. The quantitative estimate of drug-likeness (QED) is 0.780. The standard InChI is InChI=1S/C16H17N3O/c1-11-9-12-7-8-19(15(12)10-14(11)17)16(20)18-13-5-3-2-4-6-13/h2-6,9-10H,7-8,17H2,1H3,(H,18,20). The van der Waals surface area contributed by atoms with Gasteiger partial charge in [-0.05, 0) is 42.7 Å². The summed E-state index contributed by atoms with van der Waals surface area (Å²) in [7, 11) is 0. The molecule has 20 heavy (non-hydrogen) atoms. The third-order valence-corrected chi connectivity index (χ3v) is 3.63. The summed E-state index contributed by atoms with van der Waals surface area (Å²) in [5.41, 5.74) is 10.6. The van der Waals surface area contributed by atoms with Gasteiger partial charge in [0.15, 0.2) is 0 Å². The zero-order valence-electron chi connectivity index (χ0n) is 11.4. The Bertz CT molecular complexity index is 652. The first-order valence-electron chi connectivity index (χ1n) is 6.68. The predicted octanol–water partition coefficient (Wildman–Crippen LogP) is 3.17. The molecular weight excluding hydrogens is 250 g/mol. The van der Waals surface area contributed by atoms with E-state index in [0.29, 0.717) is 6.54 Å². The Labute approximate surface area is 118 Å². The Morgan fingerprint density at radius 1 is 1.25 bits per heavy atom. The Morgan fingerprint density at radius 3 is 2.75 bits per heavy atom. The normalized spacial score (nSPS) is 13.2. The van der Waals surface area contributed by atoms with E-state index in [1.165, 1.54) is 5.56 Å². The molecule has 1 aliphatic heterocycles. The van der Waals surface area contributed by atoms with Crippen LogP contribution in [0.25, 0.3) is 0 Å². The number of nitrogen functional groups attached to an aromatic ring is 1. The fourth-order valence-corrected chi connectivity index (χ4v) is 2.50. The van der Waals surface area contributed by atoms with Crippen LogP contribution in [-0.4, -0.2) is 12.6 Å². The number of amides is 2. The Balaban J connectivity index is 1.84. The molecule has 0 bridgehead atoms.